The first kappa shape index (κ1) is 16.3. The van der Waals surface area contributed by atoms with Crippen LogP contribution in [0, 0.1) is 0 Å². The van der Waals surface area contributed by atoms with Crippen molar-refractivity contribution in [2.24, 2.45) is 0 Å². The van der Waals surface area contributed by atoms with Crippen LogP contribution < -0.4 is 10.6 Å². The Bertz CT molecular complexity index is 427. The van der Waals surface area contributed by atoms with E-state index in [9.17, 15) is 22.0 Å². The van der Waals surface area contributed by atoms with Gasteiger partial charge in [0.05, 0.1) is 6.61 Å². The topological polar surface area (TPSA) is 59.1 Å². The third-order valence-electron chi connectivity index (χ3n) is 2.04. The SMILES string of the molecule is CNc1nc(NCCOCC(F)F)cc(C(F)(F)F)n1. The summed E-state index contributed by atoms with van der Waals surface area (Å²) in [6, 6.07) is 0.730. The average Bonchev–Trinajstić information content (AvgIpc) is 2.36. The largest absolute Gasteiger partial charge is 0.433 e. The van der Waals surface area contributed by atoms with Crippen LogP contribution in [0.25, 0.3) is 0 Å². The second kappa shape index (κ2) is 7.17. The molecule has 20 heavy (non-hydrogen) atoms. The molecular weight excluding hydrogens is 287 g/mol. The van der Waals surface area contributed by atoms with Gasteiger partial charge in [-0.2, -0.15) is 18.2 Å². The molecule has 0 saturated carbocycles. The van der Waals surface area contributed by atoms with Gasteiger partial charge in [0.25, 0.3) is 6.43 Å². The number of hydrogen-bond acceptors (Lipinski definition) is 5. The van der Waals surface area contributed by atoms with E-state index in [1.807, 2.05) is 0 Å². The molecule has 0 aromatic carbocycles. The van der Waals surface area contributed by atoms with Gasteiger partial charge in [-0.3, -0.25) is 0 Å². The van der Waals surface area contributed by atoms with E-state index in [-0.39, 0.29) is 24.9 Å². The van der Waals surface area contributed by atoms with Crippen LogP contribution in [0.3, 0.4) is 0 Å². The minimum atomic E-state index is -4.60. The van der Waals surface area contributed by atoms with Crippen LogP contribution in [-0.4, -0.2) is 43.2 Å². The van der Waals surface area contributed by atoms with E-state index >= 15 is 0 Å². The molecule has 1 aromatic rings. The van der Waals surface area contributed by atoms with Crippen molar-refractivity contribution in [1.29, 1.82) is 0 Å². The molecule has 0 spiro atoms. The highest BCUT2D eigenvalue weighted by Gasteiger charge is 2.33. The third kappa shape index (κ3) is 5.51. The number of ether oxygens (including phenoxy) is 1. The molecule has 0 amide bonds. The molecule has 0 aliphatic heterocycles. The smallest absolute Gasteiger partial charge is 0.374 e. The molecule has 0 bridgehead atoms. The van der Waals surface area contributed by atoms with Crippen molar-refractivity contribution in [2.45, 2.75) is 12.6 Å². The Kier molecular flexibility index (Phi) is 5.86. The molecule has 0 aliphatic rings. The highest BCUT2D eigenvalue weighted by Crippen LogP contribution is 2.29. The minimum Gasteiger partial charge on any atom is -0.374 e. The van der Waals surface area contributed by atoms with Gasteiger partial charge in [0, 0.05) is 19.7 Å². The Morgan fingerprint density at radius 2 is 2.00 bits per heavy atom. The molecule has 1 heterocycles. The number of alkyl halides is 5. The number of hydrogen-bond donors (Lipinski definition) is 2. The van der Waals surface area contributed by atoms with Crippen LogP contribution in [0.15, 0.2) is 6.07 Å². The van der Waals surface area contributed by atoms with Gasteiger partial charge >= 0.3 is 6.18 Å². The molecule has 1 rings (SSSR count). The van der Waals surface area contributed by atoms with E-state index in [2.05, 4.69) is 25.3 Å². The summed E-state index contributed by atoms with van der Waals surface area (Å²) in [6.45, 7) is -0.754. The fraction of sp³-hybridized carbons (Fsp3) is 0.600. The quantitative estimate of drug-likeness (QED) is 0.597. The standard InChI is InChI=1S/C10H13F5N4O/c1-16-9-18-6(10(13,14)15)4-8(19-9)17-2-3-20-5-7(11)12/h4,7H,2-3,5H2,1H3,(H2,16,17,18,19). The highest BCUT2D eigenvalue weighted by molar-refractivity contribution is 5.42. The summed E-state index contributed by atoms with van der Waals surface area (Å²) in [5.74, 6) is -0.270. The van der Waals surface area contributed by atoms with Gasteiger partial charge in [0.2, 0.25) is 5.95 Å². The second-order valence-corrected chi connectivity index (χ2v) is 3.60. The highest BCUT2D eigenvalue weighted by atomic mass is 19.4. The molecule has 0 atom stereocenters. The Balaban J connectivity index is 2.61. The summed E-state index contributed by atoms with van der Waals surface area (Å²) in [6.07, 6.45) is -7.18. The predicted molar refractivity (Wildman–Crippen MR) is 61.9 cm³/mol. The molecule has 114 valence electrons. The number of anilines is 2. The summed E-state index contributed by atoms with van der Waals surface area (Å²) >= 11 is 0. The minimum absolute atomic E-state index is 0.0458. The molecule has 5 nitrogen and oxygen atoms in total. The Morgan fingerprint density at radius 1 is 1.30 bits per heavy atom. The maximum Gasteiger partial charge on any atom is 0.433 e. The maximum atomic E-state index is 12.6. The summed E-state index contributed by atoms with van der Waals surface area (Å²) in [4.78, 5) is 7.03. The van der Waals surface area contributed by atoms with Crippen molar-refractivity contribution >= 4 is 11.8 Å². The van der Waals surface area contributed by atoms with Gasteiger partial charge < -0.3 is 15.4 Å². The van der Waals surface area contributed by atoms with Gasteiger partial charge in [-0.1, -0.05) is 0 Å². The molecule has 0 aliphatic carbocycles. The zero-order chi connectivity index (χ0) is 15.2. The first-order valence-corrected chi connectivity index (χ1v) is 5.56. The normalized spacial score (nSPS) is 11.8. The lowest BCUT2D eigenvalue weighted by atomic mass is 10.3. The van der Waals surface area contributed by atoms with Gasteiger partial charge in [-0.05, 0) is 0 Å². The van der Waals surface area contributed by atoms with E-state index < -0.39 is 24.9 Å². The van der Waals surface area contributed by atoms with E-state index in [4.69, 9.17) is 0 Å². The van der Waals surface area contributed by atoms with Gasteiger partial charge in [0.15, 0.2) is 5.69 Å². The molecular formula is C10H13F5N4O. The van der Waals surface area contributed by atoms with Crippen molar-refractivity contribution in [3.63, 3.8) is 0 Å². The fourth-order valence-electron chi connectivity index (χ4n) is 1.22. The number of nitrogens with one attached hydrogen (secondary N) is 2. The van der Waals surface area contributed by atoms with Gasteiger partial charge in [-0.15, -0.1) is 0 Å². The Hall–Kier alpha value is -1.71. The molecule has 0 radical (unpaired) electrons. The Labute approximate surface area is 111 Å². The van der Waals surface area contributed by atoms with Crippen molar-refractivity contribution < 1.29 is 26.7 Å². The van der Waals surface area contributed by atoms with E-state index in [1.54, 1.807) is 0 Å². The molecule has 2 N–H and O–H groups in total. The van der Waals surface area contributed by atoms with Crippen molar-refractivity contribution in [1.82, 2.24) is 9.97 Å². The molecule has 10 heteroatoms. The molecule has 0 fully saturated rings. The van der Waals surface area contributed by atoms with Crippen LogP contribution in [0.1, 0.15) is 5.69 Å². The number of nitrogens with zero attached hydrogens (tertiary/aromatic N) is 2. The second-order valence-electron chi connectivity index (χ2n) is 3.60. The lowest BCUT2D eigenvalue weighted by Crippen LogP contribution is -2.16. The summed E-state index contributed by atoms with van der Waals surface area (Å²) in [5.41, 5.74) is -1.10. The number of halogens is 5. The van der Waals surface area contributed by atoms with Gasteiger partial charge in [-0.25, -0.2) is 13.8 Å². The zero-order valence-electron chi connectivity index (χ0n) is 10.5. The lowest BCUT2D eigenvalue weighted by molar-refractivity contribution is -0.141. The van der Waals surface area contributed by atoms with Gasteiger partial charge in [0.1, 0.15) is 12.4 Å². The lowest BCUT2D eigenvalue weighted by Gasteiger charge is -2.11. The third-order valence-corrected chi connectivity index (χ3v) is 2.04. The first-order valence-electron chi connectivity index (χ1n) is 5.56. The van der Waals surface area contributed by atoms with Crippen LogP contribution in [-0.2, 0) is 10.9 Å². The monoisotopic (exact) mass is 300 g/mol. The Morgan fingerprint density at radius 3 is 2.55 bits per heavy atom. The van der Waals surface area contributed by atoms with E-state index in [0.29, 0.717) is 0 Å². The summed E-state index contributed by atoms with van der Waals surface area (Å²) < 4.78 is 65.8. The van der Waals surface area contributed by atoms with E-state index in [0.717, 1.165) is 6.07 Å². The maximum absolute atomic E-state index is 12.6. The number of aromatic nitrogens is 2. The summed E-state index contributed by atoms with van der Waals surface area (Å²) in [5, 5.41) is 4.95. The van der Waals surface area contributed by atoms with Crippen LogP contribution in [0.5, 0.6) is 0 Å². The van der Waals surface area contributed by atoms with Crippen LogP contribution >= 0.6 is 0 Å². The molecule has 0 unspecified atom stereocenters. The van der Waals surface area contributed by atoms with Crippen molar-refractivity contribution in [2.75, 3.05) is 37.4 Å². The van der Waals surface area contributed by atoms with Crippen molar-refractivity contribution in [3.8, 4) is 0 Å². The number of rotatable bonds is 7. The first-order chi connectivity index (χ1) is 9.32. The molecule has 0 saturated heterocycles. The predicted octanol–water partition coefficient (Wildman–Crippen LogP) is 2.23. The van der Waals surface area contributed by atoms with E-state index in [1.165, 1.54) is 7.05 Å². The zero-order valence-corrected chi connectivity index (χ0v) is 10.5. The molecule has 1 aromatic heterocycles. The average molecular weight is 300 g/mol. The fourth-order valence-corrected chi connectivity index (χ4v) is 1.22. The van der Waals surface area contributed by atoms with Crippen LogP contribution in [0.4, 0.5) is 33.7 Å². The summed E-state index contributed by atoms with van der Waals surface area (Å²) in [7, 11) is 1.38. The van der Waals surface area contributed by atoms with Crippen molar-refractivity contribution in [3.05, 3.63) is 11.8 Å². The van der Waals surface area contributed by atoms with Crippen LogP contribution in [0.2, 0.25) is 0 Å².